The zero-order valence-electron chi connectivity index (χ0n) is 8.73. The molecule has 2 aliphatic rings. The van der Waals surface area contributed by atoms with Gasteiger partial charge >= 0.3 is 7.12 Å². The van der Waals surface area contributed by atoms with E-state index in [0.29, 0.717) is 5.92 Å². The highest BCUT2D eigenvalue weighted by Gasteiger charge is 2.39. The summed E-state index contributed by atoms with van der Waals surface area (Å²) in [5.41, 5.74) is 2.17. The fraction of sp³-hybridized carbons (Fsp3) is 0.500. The van der Waals surface area contributed by atoms with Crippen molar-refractivity contribution in [2.45, 2.75) is 31.8 Å². The van der Waals surface area contributed by atoms with E-state index in [1.807, 2.05) is 18.2 Å². The summed E-state index contributed by atoms with van der Waals surface area (Å²) >= 11 is 0. The summed E-state index contributed by atoms with van der Waals surface area (Å²) in [6, 6.07) is 8.05. The van der Waals surface area contributed by atoms with Crippen molar-refractivity contribution in [3.05, 3.63) is 29.8 Å². The second-order valence-corrected chi connectivity index (χ2v) is 4.58. The van der Waals surface area contributed by atoms with Crippen LogP contribution < -0.4 is 5.46 Å². The molecular formula is C12H15BO2. The van der Waals surface area contributed by atoms with E-state index in [9.17, 15) is 5.02 Å². The Kier molecular flexibility index (Phi) is 2.30. The van der Waals surface area contributed by atoms with Gasteiger partial charge in [-0.3, -0.25) is 0 Å². The van der Waals surface area contributed by atoms with Gasteiger partial charge < -0.3 is 9.68 Å². The van der Waals surface area contributed by atoms with Gasteiger partial charge in [-0.25, -0.2) is 0 Å². The molecule has 3 heteroatoms. The molecule has 15 heavy (non-hydrogen) atoms. The molecule has 1 aliphatic carbocycles. The predicted octanol–water partition coefficient (Wildman–Crippen LogP) is 1.64. The molecule has 1 heterocycles. The van der Waals surface area contributed by atoms with E-state index in [1.54, 1.807) is 0 Å². The largest absolute Gasteiger partial charge is 0.491 e. The summed E-state index contributed by atoms with van der Waals surface area (Å²) in [6.07, 6.45) is 5.24. The van der Waals surface area contributed by atoms with Gasteiger partial charge in [-0.15, -0.1) is 0 Å². The molecule has 0 aromatic heterocycles. The molecule has 3 rings (SSSR count). The molecule has 1 atom stereocenters. The summed E-state index contributed by atoms with van der Waals surface area (Å²) in [5, 5.41) is 9.79. The smallest absolute Gasteiger partial charge is 0.423 e. The normalized spacial score (nSPS) is 25.9. The summed E-state index contributed by atoms with van der Waals surface area (Å²) < 4.78 is 5.67. The average molecular weight is 202 g/mol. The maximum Gasteiger partial charge on any atom is 0.491 e. The van der Waals surface area contributed by atoms with Crippen LogP contribution in [0.25, 0.3) is 0 Å². The molecular weight excluding hydrogens is 187 g/mol. The SMILES string of the molecule is OB1OC(C2CCCC2)c2ccccc21. The first kappa shape index (κ1) is 9.43. The third kappa shape index (κ3) is 1.50. The van der Waals surface area contributed by atoms with E-state index in [2.05, 4.69) is 6.07 Å². The molecule has 2 nitrogen and oxygen atoms in total. The van der Waals surface area contributed by atoms with Crippen LogP contribution in [-0.4, -0.2) is 12.1 Å². The second kappa shape index (κ2) is 3.65. The first-order chi connectivity index (χ1) is 7.36. The minimum absolute atomic E-state index is 0.138. The molecule has 78 valence electrons. The summed E-state index contributed by atoms with van der Waals surface area (Å²) in [7, 11) is -0.702. The van der Waals surface area contributed by atoms with E-state index in [-0.39, 0.29) is 6.10 Å². The zero-order valence-corrected chi connectivity index (χ0v) is 8.73. The number of benzene rings is 1. The second-order valence-electron chi connectivity index (χ2n) is 4.58. The van der Waals surface area contributed by atoms with Crippen LogP contribution in [0.4, 0.5) is 0 Å². The quantitative estimate of drug-likeness (QED) is 0.701. The lowest BCUT2D eigenvalue weighted by atomic mass is 9.79. The van der Waals surface area contributed by atoms with E-state index in [1.165, 1.54) is 31.2 Å². The predicted molar refractivity (Wildman–Crippen MR) is 59.8 cm³/mol. The van der Waals surface area contributed by atoms with Crippen LogP contribution in [0.15, 0.2) is 24.3 Å². The highest BCUT2D eigenvalue weighted by molar-refractivity contribution is 6.61. The van der Waals surface area contributed by atoms with Crippen LogP contribution in [0.1, 0.15) is 37.4 Å². The Labute approximate surface area is 90.4 Å². The summed E-state index contributed by atoms with van der Waals surface area (Å²) in [4.78, 5) is 0. The van der Waals surface area contributed by atoms with Gasteiger partial charge in [0.2, 0.25) is 0 Å². The molecule has 1 aromatic carbocycles. The standard InChI is InChI=1S/C12H15BO2/c14-13-11-8-4-3-7-10(11)12(15-13)9-5-1-2-6-9/h3-4,7-9,12,14H,1-2,5-6H2. The van der Waals surface area contributed by atoms with Gasteiger partial charge in [-0.05, 0) is 29.8 Å². The number of rotatable bonds is 1. The molecule has 1 saturated carbocycles. The van der Waals surface area contributed by atoms with Crippen molar-refractivity contribution in [1.29, 1.82) is 0 Å². The lowest BCUT2D eigenvalue weighted by Gasteiger charge is -2.19. The molecule has 0 amide bonds. The summed E-state index contributed by atoms with van der Waals surface area (Å²) in [6.45, 7) is 0. The Morgan fingerprint density at radius 2 is 1.93 bits per heavy atom. The minimum atomic E-state index is -0.702. The Hall–Kier alpha value is -0.795. The Morgan fingerprint density at radius 3 is 2.73 bits per heavy atom. The van der Waals surface area contributed by atoms with Crippen molar-refractivity contribution in [3.8, 4) is 0 Å². The van der Waals surface area contributed by atoms with Crippen LogP contribution in [0, 0.1) is 5.92 Å². The highest BCUT2D eigenvalue weighted by Crippen LogP contribution is 2.40. The third-order valence-electron chi connectivity index (χ3n) is 3.67. The van der Waals surface area contributed by atoms with Gasteiger partial charge in [0.15, 0.2) is 0 Å². The number of fused-ring (bicyclic) bond motifs is 1. The van der Waals surface area contributed by atoms with Crippen molar-refractivity contribution in [1.82, 2.24) is 0 Å². The maximum atomic E-state index is 9.79. The lowest BCUT2D eigenvalue weighted by Crippen LogP contribution is -2.27. The van der Waals surface area contributed by atoms with Crippen LogP contribution in [0.3, 0.4) is 0 Å². The van der Waals surface area contributed by atoms with Crippen molar-refractivity contribution < 1.29 is 9.68 Å². The first-order valence-corrected chi connectivity index (χ1v) is 5.78. The molecule has 0 spiro atoms. The van der Waals surface area contributed by atoms with Crippen LogP contribution >= 0.6 is 0 Å². The van der Waals surface area contributed by atoms with Crippen molar-refractivity contribution in [2.24, 2.45) is 5.92 Å². The maximum absolute atomic E-state index is 9.79. The molecule has 1 N–H and O–H groups in total. The van der Waals surface area contributed by atoms with Crippen molar-refractivity contribution >= 4 is 12.6 Å². The number of hydrogen-bond donors (Lipinski definition) is 1. The Balaban J connectivity index is 1.93. The summed E-state index contributed by atoms with van der Waals surface area (Å²) in [5.74, 6) is 0.614. The minimum Gasteiger partial charge on any atom is -0.423 e. The van der Waals surface area contributed by atoms with Gasteiger partial charge in [0.05, 0.1) is 6.10 Å². The molecule has 1 fully saturated rings. The topological polar surface area (TPSA) is 29.5 Å². The molecule has 1 aliphatic heterocycles. The third-order valence-corrected chi connectivity index (χ3v) is 3.67. The zero-order chi connectivity index (χ0) is 10.3. The lowest BCUT2D eigenvalue weighted by molar-refractivity contribution is 0.129. The number of hydrogen-bond acceptors (Lipinski definition) is 2. The average Bonchev–Trinajstić information content (AvgIpc) is 2.87. The highest BCUT2D eigenvalue weighted by atomic mass is 16.5. The van der Waals surface area contributed by atoms with Crippen LogP contribution in [0.5, 0.6) is 0 Å². The molecule has 1 unspecified atom stereocenters. The van der Waals surface area contributed by atoms with Gasteiger partial charge in [0.25, 0.3) is 0 Å². The Morgan fingerprint density at radius 1 is 1.20 bits per heavy atom. The molecule has 0 saturated heterocycles. The monoisotopic (exact) mass is 202 g/mol. The van der Waals surface area contributed by atoms with E-state index < -0.39 is 7.12 Å². The van der Waals surface area contributed by atoms with E-state index in [0.717, 1.165) is 5.46 Å². The fourth-order valence-corrected chi connectivity index (χ4v) is 2.91. The van der Waals surface area contributed by atoms with Crippen LogP contribution in [-0.2, 0) is 4.65 Å². The molecule has 0 radical (unpaired) electrons. The van der Waals surface area contributed by atoms with Gasteiger partial charge in [-0.2, -0.15) is 0 Å². The van der Waals surface area contributed by atoms with Crippen molar-refractivity contribution in [2.75, 3.05) is 0 Å². The molecule has 1 aromatic rings. The van der Waals surface area contributed by atoms with Gasteiger partial charge in [0, 0.05) is 0 Å². The van der Waals surface area contributed by atoms with E-state index in [4.69, 9.17) is 4.65 Å². The fourth-order valence-electron chi connectivity index (χ4n) is 2.91. The van der Waals surface area contributed by atoms with Gasteiger partial charge in [0.1, 0.15) is 0 Å². The molecule has 0 bridgehead atoms. The Bertz CT molecular complexity index is 360. The van der Waals surface area contributed by atoms with Crippen LogP contribution in [0.2, 0.25) is 0 Å². The van der Waals surface area contributed by atoms with Gasteiger partial charge in [-0.1, -0.05) is 37.1 Å². The van der Waals surface area contributed by atoms with Crippen molar-refractivity contribution in [3.63, 3.8) is 0 Å². The van der Waals surface area contributed by atoms with E-state index >= 15 is 0 Å². The first-order valence-electron chi connectivity index (χ1n) is 5.78.